The molecule has 1 amide bonds. The number of nitrogens with two attached hydrogens (primary N) is 1. The number of halogens is 1. The third kappa shape index (κ3) is 2.86. The molecular formula is C10H12FNO. The van der Waals surface area contributed by atoms with Gasteiger partial charge in [0.05, 0.1) is 0 Å². The van der Waals surface area contributed by atoms with E-state index in [1.165, 1.54) is 6.07 Å². The molecule has 0 aliphatic carbocycles. The highest BCUT2D eigenvalue weighted by Gasteiger charge is 2.03. The second-order valence-electron chi connectivity index (χ2n) is 3.06. The molecule has 0 spiro atoms. The summed E-state index contributed by atoms with van der Waals surface area (Å²) in [7, 11) is 0. The molecular weight excluding hydrogens is 169 g/mol. The zero-order chi connectivity index (χ0) is 9.84. The summed E-state index contributed by atoms with van der Waals surface area (Å²) in [6, 6.07) is 4.96. The van der Waals surface area contributed by atoms with Crippen molar-refractivity contribution in [1.29, 1.82) is 0 Å². The topological polar surface area (TPSA) is 43.1 Å². The minimum absolute atomic E-state index is 0.194. The van der Waals surface area contributed by atoms with Crippen LogP contribution in [-0.2, 0) is 11.2 Å². The molecule has 3 heteroatoms. The van der Waals surface area contributed by atoms with Gasteiger partial charge in [0.1, 0.15) is 5.82 Å². The first kappa shape index (κ1) is 9.71. The summed E-state index contributed by atoms with van der Waals surface area (Å²) >= 11 is 0. The van der Waals surface area contributed by atoms with E-state index in [1.54, 1.807) is 6.07 Å². The zero-order valence-electron chi connectivity index (χ0n) is 7.51. The highest BCUT2D eigenvalue weighted by atomic mass is 19.1. The third-order valence-corrected chi connectivity index (χ3v) is 1.85. The van der Waals surface area contributed by atoms with Crippen LogP contribution in [0.25, 0.3) is 0 Å². The van der Waals surface area contributed by atoms with Gasteiger partial charge in [-0.05, 0) is 30.5 Å². The molecule has 0 radical (unpaired) electrons. The van der Waals surface area contributed by atoms with E-state index in [0.29, 0.717) is 12.0 Å². The van der Waals surface area contributed by atoms with Crippen molar-refractivity contribution in [3.8, 4) is 0 Å². The summed E-state index contributed by atoms with van der Waals surface area (Å²) in [4.78, 5) is 10.5. The van der Waals surface area contributed by atoms with Crippen LogP contribution in [0, 0.1) is 12.7 Å². The molecule has 1 aromatic rings. The first-order chi connectivity index (χ1) is 6.09. The first-order valence-electron chi connectivity index (χ1n) is 4.13. The minimum Gasteiger partial charge on any atom is -0.370 e. The van der Waals surface area contributed by atoms with E-state index in [2.05, 4.69) is 0 Å². The van der Waals surface area contributed by atoms with Crippen molar-refractivity contribution >= 4 is 5.91 Å². The van der Waals surface area contributed by atoms with Gasteiger partial charge in [0.2, 0.25) is 5.91 Å². The van der Waals surface area contributed by atoms with E-state index in [-0.39, 0.29) is 12.2 Å². The van der Waals surface area contributed by atoms with Crippen molar-refractivity contribution in [3.63, 3.8) is 0 Å². The van der Waals surface area contributed by atoms with Gasteiger partial charge < -0.3 is 5.73 Å². The number of amides is 1. The molecule has 0 heterocycles. The van der Waals surface area contributed by atoms with Crippen LogP contribution >= 0.6 is 0 Å². The van der Waals surface area contributed by atoms with Gasteiger partial charge >= 0.3 is 0 Å². The predicted molar refractivity (Wildman–Crippen MR) is 48.7 cm³/mol. The van der Waals surface area contributed by atoms with E-state index in [4.69, 9.17) is 5.73 Å². The van der Waals surface area contributed by atoms with E-state index in [1.807, 2.05) is 13.0 Å². The maximum absolute atomic E-state index is 13.1. The summed E-state index contributed by atoms with van der Waals surface area (Å²) in [6.45, 7) is 1.82. The highest BCUT2D eigenvalue weighted by molar-refractivity contribution is 5.74. The van der Waals surface area contributed by atoms with Gasteiger partial charge in [-0.2, -0.15) is 0 Å². The highest BCUT2D eigenvalue weighted by Crippen LogP contribution is 2.11. The van der Waals surface area contributed by atoms with Crippen LogP contribution in [0.15, 0.2) is 18.2 Å². The lowest BCUT2D eigenvalue weighted by atomic mass is 10.1. The number of carbonyl (C=O) groups is 1. The maximum Gasteiger partial charge on any atom is 0.217 e. The second-order valence-corrected chi connectivity index (χ2v) is 3.06. The Balaban J connectivity index is 2.72. The molecule has 1 rings (SSSR count). The van der Waals surface area contributed by atoms with Gasteiger partial charge in [0.15, 0.2) is 0 Å². The molecule has 70 valence electrons. The third-order valence-electron chi connectivity index (χ3n) is 1.85. The summed E-state index contributed by atoms with van der Waals surface area (Å²) in [5.74, 6) is -0.666. The Hall–Kier alpha value is -1.38. The van der Waals surface area contributed by atoms with Crippen LogP contribution in [0.5, 0.6) is 0 Å². The Morgan fingerprint density at radius 2 is 2.23 bits per heavy atom. The smallest absolute Gasteiger partial charge is 0.217 e. The van der Waals surface area contributed by atoms with Crippen LogP contribution in [0.4, 0.5) is 4.39 Å². The number of aryl methyl sites for hydroxylation is 2. The van der Waals surface area contributed by atoms with Crippen molar-refractivity contribution in [1.82, 2.24) is 0 Å². The molecule has 0 aliphatic heterocycles. The number of carbonyl (C=O) groups excluding carboxylic acids is 1. The Morgan fingerprint density at radius 1 is 1.54 bits per heavy atom. The Bertz CT molecular complexity index is 323. The normalized spacial score (nSPS) is 10.0. The number of benzene rings is 1. The van der Waals surface area contributed by atoms with Crippen molar-refractivity contribution in [2.24, 2.45) is 5.73 Å². The monoisotopic (exact) mass is 181 g/mol. The SMILES string of the molecule is Cc1ccc(CCC(N)=O)c(F)c1. The van der Waals surface area contributed by atoms with E-state index >= 15 is 0 Å². The van der Waals surface area contributed by atoms with Gasteiger partial charge in [0, 0.05) is 6.42 Å². The first-order valence-corrected chi connectivity index (χ1v) is 4.13. The summed E-state index contributed by atoms with van der Waals surface area (Å²) < 4.78 is 13.1. The standard InChI is InChI=1S/C10H12FNO/c1-7-2-3-8(9(11)6-7)4-5-10(12)13/h2-3,6H,4-5H2,1H3,(H2,12,13). The van der Waals surface area contributed by atoms with Crippen LogP contribution in [0.1, 0.15) is 17.5 Å². The van der Waals surface area contributed by atoms with Gasteiger partial charge in [-0.1, -0.05) is 12.1 Å². The number of rotatable bonds is 3. The van der Waals surface area contributed by atoms with E-state index < -0.39 is 5.91 Å². The Morgan fingerprint density at radius 3 is 2.77 bits per heavy atom. The van der Waals surface area contributed by atoms with Crippen LogP contribution in [0.3, 0.4) is 0 Å². The fourth-order valence-corrected chi connectivity index (χ4v) is 1.11. The van der Waals surface area contributed by atoms with Crippen LogP contribution in [0.2, 0.25) is 0 Å². The molecule has 0 saturated heterocycles. The molecule has 1 aromatic carbocycles. The van der Waals surface area contributed by atoms with E-state index in [0.717, 1.165) is 5.56 Å². The lowest BCUT2D eigenvalue weighted by Crippen LogP contribution is -2.11. The molecule has 0 aliphatic rings. The average Bonchev–Trinajstić information content (AvgIpc) is 2.02. The Labute approximate surface area is 76.6 Å². The number of hydrogen-bond donors (Lipinski definition) is 1. The van der Waals surface area contributed by atoms with Crippen molar-refractivity contribution in [2.75, 3.05) is 0 Å². The van der Waals surface area contributed by atoms with Gasteiger partial charge in [-0.25, -0.2) is 4.39 Å². The molecule has 0 aromatic heterocycles. The van der Waals surface area contributed by atoms with Gasteiger partial charge in [0.25, 0.3) is 0 Å². The quantitative estimate of drug-likeness (QED) is 0.755. The number of hydrogen-bond acceptors (Lipinski definition) is 1. The molecule has 0 atom stereocenters. The molecule has 0 fully saturated rings. The minimum atomic E-state index is -0.403. The number of primary amides is 1. The van der Waals surface area contributed by atoms with E-state index in [9.17, 15) is 9.18 Å². The van der Waals surface area contributed by atoms with Gasteiger partial charge in [-0.3, -0.25) is 4.79 Å². The van der Waals surface area contributed by atoms with Crippen molar-refractivity contribution in [3.05, 3.63) is 35.1 Å². The molecule has 13 heavy (non-hydrogen) atoms. The lowest BCUT2D eigenvalue weighted by Gasteiger charge is -2.01. The van der Waals surface area contributed by atoms with Crippen molar-refractivity contribution < 1.29 is 9.18 Å². The Kier molecular flexibility index (Phi) is 3.01. The fraction of sp³-hybridized carbons (Fsp3) is 0.300. The molecule has 0 bridgehead atoms. The summed E-state index contributed by atoms with van der Waals surface area (Å²) in [5.41, 5.74) is 6.38. The summed E-state index contributed by atoms with van der Waals surface area (Å²) in [6.07, 6.45) is 0.571. The largest absolute Gasteiger partial charge is 0.370 e. The van der Waals surface area contributed by atoms with Gasteiger partial charge in [-0.15, -0.1) is 0 Å². The predicted octanol–water partition coefficient (Wildman–Crippen LogP) is 1.55. The summed E-state index contributed by atoms with van der Waals surface area (Å²) in [5, 5.41) is 0. The van der Waals surface area contributed by atoms with Crippen LogP contribution < -0.4 is 5.73 Å². The molecule has 0 saturated carbocycles. The van der Waals surface area contributed by atoms with Crippen molar-refractivity contribution in [2.45, 2.75) is 19.8 Å². The molecule has 2 nitrogen and oxygen atoms in total. The lowest BCUT2D eigenvalue weighted by molar-refractivity contribution is -0.117. The zero-order valence-corrected chi connectivity index (χ0v) is 7.51. The second kappa shape index (κ2) is 4.03. The average molecular weight is 181 g/mol. The van der Waals surface area contributed by atoms with Crippen LogP contribution in [-0.4, -0.2) is 5.91 Å². The molecule has 0 unspecified atom stereocenters. The fourth-order valence-electron chi connectivity index (χ4n) is 1.11. The maximum atomic E-state index is 13.1. The molecule has 2 N–H and O–H groups in total.